The van der Waals surface area contributed by atoms with Gasteiger partial charge in [-0.1, -0.05) is 26.8 Å². The number of hydrogen-bond donors (Lipinski definition) is 1. The molecule has 2 fully saturated rings. The molecule has 1 heterocycles. The third kappa shape index (κ3) is 1.68. The molecule has 2 nitrogen and oxygen atoms in total. The second-order valence-corrected chi connectivity index (χ2v) is 7.68. The molecule has 2 aliphatic rings. The summed E-state index contributed by atoms with van der Waals surface area (Å²) >= 11 is 0. The maximum absolute atomic E-state index is 4.47. The van der Waals surface area contributed by atoms with E-state index in [2.05, 4.69) is 55.3 Å². The van der Waals surface area contributed by atoms with Gasteiger partial charge in [-0.2, -0.15) is 0 Å². The smallest absolute Gasteiger partial charge is 0.0722 e. The van der Waals surface area contributed by atoms with Crippen LogP contribution in [0.2, 0.25) is 0 Å². The highest BCUT2D eigenvalue weighted by molar-refractivity contribution is 5.91. The molecule has 0 spiro atoms. The second-order valence-electron chi connectivity index (χ2n) is 7.68. The minimum Gasteiger partial charge on any atom is -0.381 e. The molecule has 2 aliphatic carbocycles. The zero-order chi connectivity index (χ0) is 14.7. The number of nitrogens with one attached hydrogen (secondary N) is 1. The number of hydrogen-bond acceptors (Lipinski definition) is 2. The van der Waals surface area contributed by atoms with E-state index in [-0.39, 0.29) is 0 Å². The van der Waals surface area contributed by atoms with Gasteiger partial charge in [0, 0.05) is 23.3 Å². The van der Waals surface area contributed by atoms with Crippen molar-refractivity contribution in [3.63, 3.8) is 0 Å². The number of pyridine rings is 1. The number of fused-ring (bicyclic) bond motifs is 3. The normalized spacial score (nSPS) is 33.5. The van der Waals surface area contributed by atoms with Gasteiger partial charge in [0.05, 0.1) is 5.52 Å². The summed E-state index contributed by atoms with van der Waals surface area (Å²) in [5, 5.41) is 5.11. The Labute approximate surface area is 127 Å². The number of aromatic nitrogens is 1. The quantitative estimate of drug-likeness (QED) is 0.849. The number of rotatable bonds is 2. The van der Waals surface area contributed by atoms with Crippen molar-refractivity contribution in [2.45, 2.75) is 46.1 Å². The molecule has 3 unspecified atom stereocenters. The van der Waals surface area contributed by atoms with Crippen LogP contribution in [0.1, 0.15) is 40.0 Å². The molecule has 21 heavy (non-hydrogen) atoms. The summed E-state index contributed by atoms with van der Waals surface area (Å²) in [5.74, 6) is 0.869. The van der Waals surface area contributed by atoms with E-state index < -0.39 is 0 Å². The summed E-state index contributed by atoms with van der Waals surface area (Å²) in [7, 11) is 0. The lowest BCUT2D eigenvalue weighted by atomic mass is 9.69. The van der Waals surface area contributed by atoms with Gasteiger partial charge < -0.3 is 5.32 Å². The maximum atomic E-state index is 4.47. The van der Waals surface area contributed by atoms with E-state index >= 15 is 0 Å². The first-order valence-corrected chi connectivity index (χ1v) is 8.13. The molecule has 2 aromatic rings. The number of nitrogens with zero attached hydrogens (tertiary/aromatic N) is 1. The van der Waals surface area contributed by atoms with E-state index in [4.69, 9.17) is 0 Å². The van der Waals surface area contributed by atoms with E-state index in [0.29, 0.717) is 16.9 Å². The van der Waals surface area contributed by atoms with Gasteiger partial charge in [-0.25, -0.2) is 0 Å². The van der Waals surface area contributed by atoms with Crippen LogP contribution in [-0.4, -0.2) is 11.0 Å². The summed E-state index contributed by atoms with van der Waals surface area (Å²) in [6.07, 6.45) is 5.93. The van der Waals surface area contributed by atoms with Crippen LogP contribution < -0.4 is 5.32 Å². The minimum atomic E-state index is 0.405. The molecule has 0 saturated heterocycles. The Morgan fingerprint density at radius 2 is 2.00 bits per heavy atom. The fraction of sp³-hybridized carbons (Fsp3) is 0.526. The molecule has 1 aromatic heterocycles. The molecule has 0 amide bonds. The van der Waals surface area contributed by atoms with Crippen molar-refractivity contribution in [3.05, 3.63) is 36.5 Å². The standard InChI is InChI=1S/C19H24N2/c1-18(2)13-9-10-19(18,3)17(12-13)21-16-8-4-7-15-14(16)6-5-11-20-15/h4-8,11,13,17,21H,9-10,12H2,1-3H3. The van der Waals surface area contributed by atoms with Crippen molar-refractivity contribution >= 4 is 16.6 Å². The summed E-state index contributed by atoms with van der Waals surface area (Å²) < 4.78 is 0. The Balaban J connectivity index is 1.71. The van der Waals surface area contributed by atoms with Crippen LogP contribution in [0.15, 0.2) is 36.5 Å². The van der Waals surface area contributed by atoms with Crippen LogP contribution in [0.4, 0.5) is 5.69 Å². The Morgan fingerprint density at radius 1 is 1.14 bits per heavy atom. The maximum Gasteiger partial charge on any atom is 0.0722 e. The van der Waals surface area contributed by atoms with Gasteiger partial charge in [0.2, 0.25) is 0 Å². The Morgan fingerprint density at radius 3 is 2.71 bits per heavy atom. The van der Waals surface area contributed by atoms with Crippen LogP contribution in [0.25, 0.3) is 10.9 Å². The molecule has 3 atom stereocenters. The van der Waals surface area contributed by atoms with Gasteiger partial charge >= 0.3 is 0 Å². The molecular weight excluding hydrogens is 256 g/mol. The predicted molar refractivity (Wildman–Crippen MR) is 88.4 cm³/mol. The first kappa shape index (κ1) is 13.1. The number of benzene rings is 1. The average molecular weight is 280 g/mol. The van der Waals surface area contributed by atoms with Crippen LogP contribution in [0, 0.1) is 16.7 Å². The van der Waals surface area contributed by atoms with Crippen LogP contribution in [-0.2, 0) is 0 Å². The summed E-state index contributed by atoms with van der Waals surface area (Å²) in [6.45, 7) is 7.43. The van der Waals surface area contributed by atoms with Gasteiger partial charge in [0.15, 0.2) is 0 Å². The fourth-order valence-electron chi connectivity index (χ4n) is 4.84. The van der Waals surface area contributed by atoms with Gasteiger partial charge in [-0.15, -0.1) is 0 Å². The Kier molecular flexibility index (Phi) is 2.64. The molecule has 2 bridgehead atoms. The van der Waals surface area contributed by atoms with Crippen molar-refractivity contribution in [1.29, 1.82) is 0 Å². The van der Waals surface area contributed by atoms with Crippen molar-refractivity contribution in [3.8, 4) is 0 Å². The monoisotopic (exact) mass is 280 g/mol. The van der Waals surface area contributed by atoms with Crippen LogP contribution in [0.3, 0.4) is 0 Å². The van der Waals surface area contributed by atoms with Crippen molar-refractivity contribution in [2.75, 3.05) is 5.32 Å². The molecule has 0 radical (unpaired) electrons. The minimum absolute atomic E-state index is 0.405. The molecule has 1 aromatic carbocycles. The molecule has 2 heteroatoms. The Bertz CT molecular complexity index is 686. The first-order valence-electron chi connectivity index (χ1n) is 8.13. The van der Waals surface area contributed by atoms with Crippen molar-refractivity contribution in [1.82, 2.24) is 4.98 Å². The van der Waals surface area contributed by atoms with Gasteiger partial charge in [0.1, 0.15) is 0 Å². The highest BCUT2D eigenvalue weighted by Gasteiger charge is 2.61. The molecule has 4 rings (SSSR count). The molecule has 2 saturated carbocycles. The van der Waals surface area contributed by atoms with E-state index in [1.165, 1.54) is 30.3 Å². The topological polar surface area (TPSA) is 24.9 Å². The van der Waals surface area contributed by atoms with E-state index in [9.17, 15) is 0 Å². The van der Waals surface area contributed by atoms with Crippen molar-refractivity contribution < 1.29 is 0 Å². The zero-order valence-electron chi connectivity index (χ0n) is 13.2. The lowest BCUT2D eigenvalue weighted by Gasteiger charge is -2.40. The summed E-state index contributed by atoms with van der Waals surface area (Å²) in [6, 6.07) is 11.2. The lowest BCUT2D eigenvalue weighted by Crippen LogP contribution is -2.40. The van der Waals surface area contributed by atoms with Gasteiger partial charge in [0.25, 0.3) is 0 Å². The van der Waals surface area contributed by atoms with E-state index in [1.807, 2.05) is 12.3 Å². The summed E-state index contributed by atoms with van der Waals surface area (Å²) in [4.78, 5) is 4.47. The molecule has 0 aliphatic heterocycles. The van der Waals surface area contributed by atoms with E-state index in [1.54, 1.807) is 0 Å². The second kappa shape index (κ2) is 4.22. The number of anilines is 1. The highest BCUT2D eigenvalue weighted by atomic mass is 15.0. The third-order valence-electron chi connectivity index (χ3n) is 6.77. The fourth-order valence-corrected chi connectivity index (χ4v) is 4.84. The Hall–Kier alpha value is -1.57. The molecule has 110 valence electrons. The van der Waals surface area contributed by atoms with E-state index in [0.717, 1.165) is 11.4 Å². The SMILES string of the molecule is CC1(C)C2CCC1(C)C(Nc1cccc3ncccc13)C2. The zero-order valence-corrected chi connectivity index (χ0v) is 13.2. The third-order valence-corrected chi connectivity index (χ3v) is 6.77. The first-order chi connectivity index (χ1) is 10.0. The molecule has 1 N–H and O–H groups in total. The van der Waals surface area contributed by atoms with Crippen molar-refractivity contribution in [2.24, 2.45) is 16.7 Å². The van der Waals surface area contributed by atoms with Crippen LogP contribution >= 0.6 is 0 Å². The average Bonchev–Trinajstić information content (AvgIpc) is 2.81. The molecular formula is C19H24N2. The largest absolute Gasteiger partial charge is 0.381 e. The van der Waals surface area contributed by atoms with Crippen LogP contribution in [0.5, 0.6) is 0 Å². The summed E-state index contributed by atoms with van der Waals surface area (Å²) in [5.41, 5.74) is 3.18. The lowest BCUT2D eigenvalue weighted by molar-refractivity contribution is 0.142. The predicted octanol–water partition coefficient (Wildman–Crippen LogP) is 4.86. The van der Waals surface area contributed by atoms with Gasteiger partial charge in [-0.3, -0.25) is 4.98 Å². The van der Waals surface area contributed by atoms with Gasteiger partial charge in [-0.05, 0) is 60.3 Å². The highest BCUT2D eigenvalue weighted by Crippen LogP contribution is 2.65.